The van der Waals surface area contributed by atoms with Crippen LogP contribution in [0.15, 0.2) is 53.0 Å². The third kappa shape index (κ3) is 3.86. The minimum Gasteiger partial charge on any atom is -0.371 e. The summed E-state index contributed by atoms with van der Waals surface area (Å²) in [6, 6.07) is 17.3. The Hall–Kier alpha value is -1.32. The molecule has 3 heteroatoms. The number of para-hydroxylation sites is 1. The number of nitrogens with one attached hydrogen (secondary N) is 1. The van der Waals surface area contributed by atoms with Crippen molar-refractivity contribution in [2.75, 3.05) is 18.0 Å². The van der Waals surface area contributed by atoms with Crippen LogP contribution in [0.25, 0.3) is 0 Å². The van der Waals surface area contributed by atoms with Crippen molar-refractivity contribution in [1.29, 1.82) is 0 Å². The van der Waals surface area contributed by atoms with E-state index in [0.29, 0.717) is 0 Å². The van der Waals surface area contributed by atoms with Crippen LogP contribution >= 0.6 is 15.9 Å². The molecule has 2 nitrogen and oxygen atoms in total. The van der Waals surface area contributed by atoms with E-state index in [1.165, 1.54) is 42.7 Å². The van der Waals surface area contributed by atoms with Crippen LogP contribution in [0.4, 0.5) is 5.69 Å². The van der Waals surface area contributed by atoms with E-state index in [4.69, 9.17) is 0 Å². The van der Waals surface area contributed by atoms with Gasteiger partial charge in [0.05, 0.1) is 0 Å². The van der Waals surface area contributed by atoms with Gasteiger partial charge in [0.25, 0.3) is 0 Å². The molecule has 0 amide bonds. The van der Waals surface area contributed by atoms with Gasteiger partial charge in [0.15, 0.2) is 0 Å². The Morgan fingerprint density at radius 1 is 0.905 bits per heavy atom. The Balaban J connectivity index is 1.61. The SMILES string of the molecule is Brc1ccc(CNCc2ccccc2N2CCCC2)cc1. The number of hydrogen-bond donors (Lipinski definition) is 1. The van der Waals surface area contributed by atoms with Gasteiger partial charge < -0.3 is 10.2 Å². The summed E-state index contributed by atoms with van der Waals surface area (Å²) in [7, 11) is 0. The summed E-state index contributed by atoms with van der Waals surface area (Å²) in [4.78, 5) is 2.51. The summed E-state index contributed by atoms with van der Waals surface area (Å²) in [5, 5.41) is 3.56. The van der Waals surface area contributed by atoms with Crippen molar-refractivity contribution < 1.29 is 0 Å². The van der Waals surface area contributed by atoms with Crippen LogP contribution in [-0.4, -0.2) is 13.1 Å². The molecule has 0 bridgehead atoms. The first-order valence-electron chi connectivity index (χ1n) is 7.61. The average molecular weight is 345 g/mol. The van der Waals surface area contributed by atoms with E-state index < -0.39 is 0 Å². The Morgan fingerprint density at radius 2 is 1.62 bits per heavy atom. The van der Waals surface area contributed by atoms with Crippen molar-refractivity contribution in [1.82, 2.24) is 5.32 Å². The maximum atomic E-state index is 3.56. The van der Waals surface area contributed by atoms with Gasteiger partial charge in [-0.3, -0.25) is 0 Å². The average Bonchev–Trinajstić information content (AvgIpc) is 3.04. The molecule has 0 saturated carbocycles. The number of benzene rings is 2. The van der Waals surface area contributed by atoms with Crippen LogP contribution in [0, 0.1) is 0 Å². The van der Waals surface area contributed by atoms with E-state index in [1.807, 2.05) is 0 Å². The van der Waals surface area contributed by atoms with Gasteiger partial charge in [-0.2, -0.15) is 0 Å². The molecule has 3 rings (SSSR count). The first-order valence-corrected chi connectivity index (χ1v) is 8.40. The van der Waals surface area contributed by atoms with E-state index >= 15 is 0 Å². The maximum Gasteiger partial charge on any atom is 0.0411 e. The fourth-order valence-corrected chi connectivity index (χ4v) is 3.13. The molecule has 2 aromatic carbocycles. The Bertz CT molecular complexity index is 574. The molecule has 110 valence electrons. The lowest BCUT2D eigenvalue weighted by Gasteiger charge is -2.21. The molecule has 0 spiro atoms. The number of nitrogens with zero attached hydrogens (tertiary/aromatic N) is 1. The molecule has 0 aliphatic carbocycles. The van der Waals surface area contributed by atoms with Crippen molar-refractivity contribution in [3.05, 3.63) is 64.1 Å². The van der Waals surface area contributed by atoms with Crippen LogP contribution in [0.3, 0.4) is 0 Å². The summed E-state index contributed by atoms with van der Waals surface area (Å²) >= 11 is 3.47. The molecule has 1 N–H and O–H groups in total. The Kier molecular flexibility index (Phi) is 4.94. The Labute approximate surface area is 135 Å². The zero-order valence-corrected chi connectivity index (χ0v) is 13.8. The number of hydrogen-bond acceptors (Lipinski definition) is 2. The normalized spacial score (nSPS) is 14.6. The molecule has 0 aromatic heterocycles. The molecule has 21 heavy (non-hydrogen) atoms. The van der Waals surface area contributed by atoms with Gasteiger partial charge in [-0.15, -0.1) is 0 Å². The zero-order chi connectivity index (χ0) is 14.5. The second-order valence-electron chi connectivity index (χ2n) is 5.55. The molecule has 1 fully saturated rings. The van der Waals surface area contributed by atoms with Crippen molar-refractivity contribution in [3.63, 3.8) is 0 Å². The molecule has 0 unspecified atom stereocenters. The van der Waals surface area contributed by atoms with Gasteiger partial charge in [0, 0.05) is 36.3 Å². The summed E-state index contributed by atoms with van der Waals surface area (Å²) in [5.41, 5.74) is 4.12. The lowest BCUT2D eigenvalue weighted by Crippen LogP contribution is -2.21. The highest BCUT2D eigenvalue weighted by Gasteiger charge is 2.14. The van der Waals surface area contributed by atoms with E-state index in [0.717, 1.165) is 17.6 Å². The zero-order valence-electron chi connectivity index (χ0n) is 12.2. The van der Waals surface area contributed by atoms with Crippen molar-refractivity contribution in [2.45, 2.75) is 25.9 Å². The molecule has 1 saturated heterocycles. The van der Waals surface area contributed by atoms with E-state index in [9.17, 15) is 0 Å². The van der Waals surface area contributed by atoms with Crippen LogP contribution in [0.5, 0.6) is 0 Å². The van der Waals surface area contributed by atoms with Gasteiger partial charge in [-0.25, -0.2) is 0 Å². The fourth-order valence-electron chi connectivity index (χ4n) is 2.87. The molecule has 1 heterocycles. The second kappa shape index (κ2) is 7.10. The molecule has 1 aliphatic rings. The molecular formula is C18H21BrN2. The van der Waals surface area contributed by atoms with Gasteiger partial charge >= 0.3 is 0 Å². The van der Waals surface area contributed by atoms with Gasteiger partial charge in [0.1, 0.15) is 0 Å². The molecular weight excluding hydrogens is 324 g/mol. The first kappa shape index (κ1) is 14.6. The van der Waals surface area contributed by atoms with Gasteiger partial charge in [-0.05, 0) is 42.2 Å². The number of anilines is 1. The van der Waals surface area contributed by atoms with E-state index in [2.05, 4.69) is 74.7 Å². The minimum absolute atomic E-state index is 0.904. The van der Waals surface area contributed by atoms with Crippen molar-refractivity contribution in [2.24, 2.45) is 0 Å². The van der Waals surface area contributed by atoms with Gasteiger partial charge in [0.2, 0.25) is 0 Å². The van der Waals surface area contributed by atoms with Gasteiger partial charge in [-0.1, -0.05) is 46.3 Å². The second-order valence-corrected chi connectivity index (χ2v) is 6.47. The minimum atomic E-state index is 0.904. The van der Waals surface area contributed by atoms with Crippen LogP contribution in [-0.2, 0) is 13.1 Å². The summed E-state index contributed by atoms with van der Waals surface area (Å²) < 4.78 is 1.13. The fraction of sp³-hybridized carbons (Fsp3) is 0.333. The Morgan fingerprint density at radius 3 is 2.38 bits per heavy atom. The smallest absolute Gasteiger partial charge is 0.0411 e. The van der Waals surface area contributed by atoms with Crippen LogP contribution in [0.1, 0.15) is 24.0 Å². The summed E-state index contributed by atoms with van der Waals surface area (Å²) in [6.07, 6.45) is 2.64. The monoisotopic (exact) mass is 344 g/mol. The number of halogens is 1. The predicted molar refractivity (Wildman–Crippen MR) is 92.6 cm³/mol. The predicted octanol–water partition coefficient (Wildman–Crippen LogP) is 4.34. The molecule has 0 atom stereocenters. The lowest BCUT2D eigenvalue weighted by molar-refractivity contribution is 0.691. The highest BCUT2D eigenvalue weighted by atomic mass is 79.9. The highest BCUT2D eigenvalue weighted by Crippen LogP contribution is 2.24. The lowest BCUT2D eigenvalue weighted by atomic mass is 10.1. The standard InChI is InChI=1S/C18H21BrN2/c19-17-9-7-15(8-10-17)13-20-14-16-5-1-2-6-18(16)21-11-3-4-12-21/h1-2,5-10,20H,3-4,11-14H2. The van der Waals surface area contributed by atoms with E-state index in [-0.39, 0.29) is 0 Å². The third-order valence-electron chi connectivity index (χ3n) is 4.00. The molecule has 0 radical (unpaired) electrons. The molecule has 1 aliphatic heterocycles. The maximum absolute atomic E-state index is 3.56. The molecule has 2 aromatic rings. The van der Waals surface area contributed by atoms with Crippen molar-refractivity contribution in [3.8, 4) is 0 Å². The summed E-state index contributed by atoms with van der Waals surface area (Å²) in [6.45, 7) is 4.22. The first-order chi connectivity index (χ1) is 10.3. The van der Waals surface area contributed by atoms with Crippen LogP contribution < -0.4 is 10.2 Å². The number of rotatable bonds is 5. The highest BCUT2D eigenvalue weighted by molar-refractivity contribution is 9.10. The third-order valence-corrected chi connectivity index (χ3v) is 4.52. The van der Waals surface area contributed by atoms with Crippen LogP contribution in [0.2, 0.25) is 0 Å². The van der Waals surface area contributed by atoms with Crippen molar-refractivity contribution >= 4 is 21.6 Å². The van der Waals surface area contributed by atoms with E-state index in [1.54, 1.807) is 0 Å². The quantitative estimate of drug-likeness (QED) is 0.867. The summed E-state index contributed by atoms with van der Waals surface area (Å²) in [5.74, 6) is 0. The topological polar surface area (TPSA) is 15.3 Å². The largest absolute Gasteiger partial charge is 0.371 e.